The third-order valence-electron chi connectivity index (χ3n) is 2.76. The molecule has 1 aromatic carbocycles. The van der Waals surface area contributed by atoms with Gasteiger partial charge < -0.3 is 4.74 Å². The van der Waals surface area contributed by atoms with Crippen LogP contribution in [0.25, 0.3) is 21.5 Å². The number of hydrogen-bond acceptors (Lipinski definition) is 4. The van der Waals surface area contributed by atoms with Crippen molar-refractivity contribution in [2.45, 2.75) is 6.61 Å². The number of halogens is 1. The lowest BCUT2D eigenvalue weighted by Gasteiger charge is -2.03. The minimum atomic E-state index is 0.428. The Hall–Kier alpha value is -1.49. The SMILES string of the molecule is COCc1cc(Cl)nc(-c2csc3ccccc23)n1. The Kier molecular flexibility index (Phi) is 3.46. The van der Waals surface area contributed by atoms with E-state index in [2.05, 4.69) is 27.5 Å². The molecule has 19 heavy (non-hydrogen) atoms. The first-order valence-electron chi connectivity index (χ1n) is 5.77. The fourth-order valence-corrected chi connectivity index (χ4v) is 3.10. The number of ether oxygens (including phenoxy) is 1. The smallest absolute Gasteiger partial charge is 0.162 e. The minimum absolute atomic E-state index is 0.428. The number of aromatic nitrogens is 2. The number of hydrogen-bond donors (Lipinski definition) is 0. The van der Waals surface area contributed by atoms with Gasteiger partial charge in [-0.25, -0.2) is 9.97 Å². The zero-order chi connectivity index (χ0) is 13.2. The molecule has 0 saturated carbocycles. The van der Waals surface area contributed by atoms with E-state index in [-0.39, 0.29) is 0 Å². The summed E-state index contributed by atoms with van der Waals surface area (Å²) in [5.41, 5.74) is 1.80. The first-order valence-corrected chi connectivity index (χ1v) is 7.02. The summed E-state index contributed by atoms with van der Waals surface area (Å²) >= 11 is 7.73. The van der Waals surface area contributed by atoms with Crippen molar-refractivity contribution < 1.29 is 4.74 Å². The van der Waals surface area contributed by atoms with Crippen LogP contribution in [0.4, 0.5) is 0 Å². The number of thiophene rings is 1. The molecule has 2 heterocycles. The number of rotatable bonds is 3. The Morgan fingerprint density at radius 1 is 1.26 bits per heavy atom. The van der Waals surface area contributed by atoms with Crippen molar-refractivity contribution in [1.29, 1.82) is 0 Å². The van der Waals surface area contributed by atoms with Gasteiger partial charge in [-0.2, -0.15) is 0 Å². The van der Waals surface area contributed by atoms with Crippen molar-refractivity contribution in [2.24, 2.45) is 0 Å². The van der Waals surface area contributed by atoms with Crippen LogP contribution in [0.3, 0.4) is 0 Å². The molecule has 0 N–H and O–H groups in total. The van der Waals surface area contributed by atoms with Crippen molar-refractivity contribution in [3.63, 3.8) is 0 Å². The molecule has 0 aliphatic heterocycles. The molecule has 0 aliphatic carbocycles. The molecule has 0 bridgehead atoms. The first-order chi connectivity index (χ1) is 9.28. The third kappa shape index (κ3) is 2.47. The molecule has 0 radical (unpaired) electrons. The molecule has 5 heteroatoms. The fraction of sp³-hybridized carbons (Fsp3) is 0.143. The molecule has 0 aliphatic rings. The highest BCUT2D eigenvalue weighted by atomic mass is 35.5. The second kappa shape index (κ2) is 5.25. The van der Waals surface area contributed by atoms with Gasteiger partial charge in [0.15, 0.2) is 5.82 Å². The van der Waals surface area contributed by atoms with E-state index in [9.17, 15) is 0 Å². The van der Waals surface area contributed by atoms with E-state index >= 15 is 0 Å². The second-order valence-corrected chi connectivity index (χ2v) is 5.38. The van der Waals surface area contributed by atoms with Gasteiger partial charge in [-0.05, 0) is 12.1 Å². The fourth-order valence-electron chi connectivity index (χ4n) is 1.96. The first kappa shape index (κ1) is 12.5. The van der Waals surface area contributed by atoms with Crippen LogP contribution >= 0.6 is 22.9 Å². The molecule has 0 fully saturated rings. The number of nitrogens with zero attached hydrogens (tertiary/aromatic N) is 2. The molecule has 0 unspecified atom stereocenters. The van der Waals surface area contributed by atoms with E-state index in [0.29, 0.717) is 17.6 Å². The molecule has 0 atom stereocenters. The van der Waals surface area contributed by atoms with E-state index < -0.39 is 0 Å². The Morgan fingerprint density at radius 2 is 2.11 bits per heavy atom. The van der Waals surface area contributed by atoms with Gasteiger partial charge in [-0.3, -0.25) is 0 Å². The van der Waals surface area contributed by atoms with Crippen molar-refractivity contribution in [3.05, 3.63) is 46.6 Å². The summed E-state index contributed by atoms with van der Waals surface area (Å²) in [7, 11) is 1.63. The third-order valence-corrected chi connectivity index (χ3v) is 3.92. The van der Waals surface area contributed by atoms with Crippen molar-refractivity contribution in [1.82, 2.24) is 9.97 Å². The van der Waals surface area contributed by atoms with Crippen LogP contribution in [0.5, 0.6) is 0 Å². The summed E-state index contributed by atoms with van der Waals surface area (Å²) in [5, 5.41) is 3.65. The number of methoxy groups -OCH3 is 1. The monoisotopic (exact) mass is 290 g/mol. The summed E-state index contributed by atoms with van der Waals surface area (Å²) < 4.78 is 6.31. The molecule has 3 rings (SSSR count). The van der Waals surface area contributed by atoms with E-state index in [1.54, 1.807) is 24.5 Å². The van der Waals surface area contributed by atoms with Crippen molar-refractivity contribution >= 4 is 33.0 Å². The average molecular weight is 291 g/mol. The molecule has 0 amide bonds. The molecule has 0 spiro atoms. The van der Waals surface area contributed by atoms with Gasteiger partial charge in [-0.1, -0.05) is 29.8 Å². The lowest BCUT2D eigenvalue weighted by molar-refractivity contribution is 0.181. The van der Waals surface area contributed by atoms with Crippen LogP contribution in [0.1, 0.15) is 5.69 Å². The zero-order valence-electron chi connectivity index (χ0n) is 10.3. The molecule has 0 saturated heterocycles. The Labute approximate surface area is 119 Å². The van der Waals surface area contributed by atoms with Crippen molar-refractivity contribution in [3.8, 4) is 11.4 Å². The summed E-state index contributed by atoms with van der Waals surface area (Å²) in [6.07, 6.45) is 0. The van der Waals surface area contributed by atoms with Gasteiger partial charge in [0, 0.05) is 28.1 Å². The van der Waals surface area contributed by atoms with E-state index in [1.807, 2.05) is 12.1 Å². The average Bonchev–Trinajstić information content (AvgIpc) is 2.82. The van der Waals surface area contributed by atoms with Gasteiger partial charge in [0.25, 0.3) is 0 Å². The standard InChI is InChI=1S/C14H11ClN2OS/c1-18-7-9-6-13(15)17-14(16-9)11-8-19-12-5-3-2-4-10(11)12/h2-6,8H,7H2,1H3. The predicted molar refractivity (Wildman–Crippen MR) is 78.6 cm³/mol. The van der Waals surface area contributed by atoms with Crippen LogP contribution in [0, 0.1) is 0 Å². The largest absolute Gasteiger partial charge is 0.378 e. The quantitative estimate of drug-likeness (QED) is 0.680. The highest BCUT2D eigenvalue weighted by Gasteiger charge is 2.10. The Bertz CT molecular complexity index is 726. The Morgan fingerprint density at radius 3 is 2.95 bits per heavy atom. The predicted octanol–water partition coefficient (Wildman–Crippen LogP) is 4.16. The lowest BCUT2D eigenvalue weighted by atomic mass is 10.1. The summed E-state index contributed by atoms with van der Waals surface area (Å²) in [6, 6.07) is 9.92. The van der Waals surface area contributed by atoms with Gasteiger partial charge in [0.05, 0.1) is 12.3 Å². The normalized spacial score (nSPS) is 11.1. The van der Waals surface area contributed by atoms with Crippen molar-refractivity contribution in [2.75, 3.05) is 7.11 Å². The van der Waals surface area contributed by atoms with Gasteiger partial charge >= 0.3 is 0 Å². The molecule has 3 nitrogen and oxygen atoms in total. The van der Waals surface area contributed by atoms with E-state index in [1.165, 1.54) is 4.70 Å². The summed E-state index contributed by atoms with van der Waals surface area (Å²) in [5.74, 6) is 0.650. The zero-order valence-corrected chi connectivity index (χ0v) is 11.8. The maximum Gasteiger partial charge on any atom is 0.162 e. The minimum Gasteiger partial charge on any atom is -0.378 e. The summed E-state index contributed by atoms with van der Waals surface area (Å²) in [4.78, 5) is 8.82. The van der Waals surface area contributed by atoms with Crippen LogP contribution in [-0.2, 0) is 11.3 Å². The second-order valence-electron chi connectivity index (χ2n) is 4.08. The number of benzene rings is 1. The topological polar surface area (TPSA) is 35.0 Å². The number of fused-ring (bicyclic) bond motifs is 1. The molecule has 96 valence electrons. The van der Waals surface area contributed by atoms with Gasteiger partial charge in [0.1, 0.15) is 5.15 Å². The highest BCUT2D eigenvalue weighted by molar-refractivity contribution is 7.17. The van der Waals surface area contributed by atoms with E-state index in [4.69, 9.17) is 16.3 Å². The molecule has 3 aromatic rings. The Balaban J connectivity index is 2.15. The van der Waals surface area contributed by atoms with Crippen LogP contribution in [0.15, 0.2) is 35.7 Å². The lowest BCUT2D eigenvalue weighted by Crippen LogP contribution is -1.97. The van der Waals surface area contributed by atoms with Gasteiger partial charge in [0.2, 0.25) is 0 Å². The maximum atomic E-state index is 6.05. The van der Waals surface area contributed by atoms with Crippen LogP contribution < -0.4 is 0 Å². The maximum absolute atomic E-state index is 6.05. The molecular weight excluding hydrogens is 280 g/mol. The molecular formula is C14H11ClN2OS. The molecule has 2 aromatic heterocycles. The van der Waals surface area contributed by atoms with Crippen LogP contribution in [0.2, 0.25) is 5.15 Å². The van der Waals surface area contributed by atoms with E-state index in [0.717, 1.165) is 16.6 Å². The van der Waals surface area contributed by atoms with Gasteiger partial charge in [-0.15, -0.1) is 11.3 Å². The highest BCUT2D eigenvalue weighted by Crippen LogP contribution is 2.32. The van der Waals surface area contributed by atoms with Crippen LogP contribution in [-0.4, -0.2) is 17.1 Å². The summed E-state index contributed by atoms with van der Waals surface area (Å²) in [6.45, 7) is 0.428.